The lowest BCUT2D eigenvalue weighted by molar-refractivity contribution is 0.0729. The van der Waals surface area contributed by atoms with Gasteiger partial charge in [0, 0.05) is 33.2 Å². The SMILES string of the molecule is CN=C(NCc1ccccc1C)NCc1ccccc1CS(=O)(=O)N1CCOCC1.I. The molecule has 2 aromatic rings. The number of nitrogens with zero attached hydrogens (tertiary/aromatic N) is 2. The topological polar surface area (TPSA) is 83.0 Å². The Morgan fingerprint density at radius 3 is 2.13 bits per heavy atom. The summed E-state index contributed by atoms with van der Waals surface area (Å²) in [5.41, 5.74) is 4.16. The highest BCUT2D eigenvalue weighted by Crippen LogP contribution is 2.16. The number of sulfonamides is 1. The van der Waals surface area contributed by atoms with Gasteiger partial charge in [-0.2, -0.15) is 4.31 Å². The molecule has 2 N–H and O–H groups in total. The molecule has 170 valence electrons. The van der Waals surface area contributed by atoms with Gasteiger partial charge >= 0.3 is 0 Å². The monoisotopic (exact) mass is 558 g/mol. The van der Waals surface area contributed by atoms with E-state index in [1.807, 2.05) is 36.4 Å². The highest BCUT2D eigenvalue weighted by molar-refractivity contribution is 14.0. The Morgan fingerprint density at radius 1 is 0.968 bits per heavy atom. The molecule has 0 aliphatic carbocycles. The van der Waals surface area contributed by atoms with Crippen LogP contribution in [0.1, 0.15) is 22.3 Å². The van der Waals surface area contributed by atoms with Gasteiger partial charge in [0.1, 0.15) is 0 Å². The Labute approximate surface area is 202 Å². The van der Waals surface area contributed by atoms with Gasteiger partial charge in [0.25, 0.3) is 0 Å². The van der Waals surface area contributed by atoms with Crippen molar-refractivity contribution >= 4 is 40.0 Å². The van der Waals surface area contributed by atoms with Crippen molar-refractivity contribution < 1.29 is 13.2 Å². The van der Waals surface area contributed by atoms with Gasteiger partial charge in [-0.15, -0.1) is 24.0 Å². The third kappa shape index (κ3) is 7.44. The maximum Gasteiger partial charge on any atom is 0.218 e. The lowest BCUT2D eigenvalue weighted by Crippen LogP contribution is -2.41. The average molecular weight is 558 g/mol. The van der Waals surface area contributed by atoms with Crippen LogP contribution >= 0.6 is 24.0 Å². The highest BCUT2D eigenvalue weighted by Gasteiger charge is 2.25. The minimum atomic E-state index is -3.37. The van der Waals surface area contributed by atoms with Gasteiger partial charge in [-0.3, -0.25) is 4.99 Å². The fourth-order valence-electron chi connectivity index (χ4n) is 3.37. The Kier molecular flexibility index (Phi) is 10.2. The molecule has 0 amide bonds. The van der Waals surface area contributed by atoms with Gasteiger partial charge in [0.15, 0.2) is 5.96 Å². The van der Waals surface area contributed by atoms with Gasteiger partial charge in [0.2, 0.25) is 10.0 Å². The number of halogens is 1. The molecule has 1 aliphatic rings. The number of hydrogen-bond donors (Lipinski definition) is 2. The zero-order valence-electron chi connectivity index (χ0n) is 18.0. The second-order valence-corrected chi connectivity index (χ2v) is 9.21. The van der Waals surface area contributed by atoms with Gasteiger partial charge < -0.3 is 15.4 Å². The van der Waals surface area contributed by atoms with Crippen LogP contribution in [0.5, 0.6) is 0 Å². The van der Waals surface area contributed by atoms with E-state index in [1.165, 1.54) is 15.4 Å². The molecule has 0 atom stereocenters. The minimum Gasteiger partial charge on any atom is -0.379 e. The van der Waals surface area contributed by atoms with Crippen LogP contribution in [0.4, 0.5) is 0 Å². The van der Waals surface area contributed by atoms with Crippen molar-refractivity contribution in [3.05, 3.63) is 70.8 Å². The third-order valence-corrected chi connectivity index (χ3v) is 7.02. The molecule has 7 nitrogen and oxygen atoms in total. The number of guanidine groups is 1. The molecule has 1 aliphatic heterocycles. The first-order valence-electron chi connectivity index (χ1n) is 10.1. The highest BCUT2D eigenvalue weighted by atomic mass is 127. The molecule has 31 heavy (non-hydrogen) atoms. The normalized spacial score (nSPS) is 15.2. The predicted octanol–water partition coefficient (Wildman–Crippen LogP) is 2.64. The number of aliphatic imine (C=N–C) groups is 1. The molecule has 0 aromatic heterocycles. The number of aryl methyl sites for hydroxylation is 1. The number of benzene rings is 2. The molecule has 1 saturated heterocycles. The van der Waals surface area contributed by atoms with Gasteiger partial charge in [0.05, 0.1) is 19.0 Å². The summed E-state index contributed by atoms with van der Waals surface area (Å²) in [4.78, 5) is 4.28. The summed E-state index contributed by atoms with van der Waals surface area (Å²) in [6.45, 7) is 4.97. The Hall–Kier alpha value is -1.69. The maximum absolute atomic E-state index is 12.8. The van der Waals surface area contributed by atoms with Crippen molar-refractivity contribution in [1.82, 2.24) is 14.9 Å². The molecule has 0 spiro atoms. The molecule has 0 unspecified atom stereocenters. The van der Waals surface area contributed by atoms with E-state index in [0.29, 0.717) is 45.4 Å². The zero-order valence-corrected chi connectivity index (χ0v) is 21.2. The van der Waals surface area contributed by atoms with Crippen molar-refractivity contribution in [3.8, 4) is 0 Å². The van der Waals surface area contributed by atoms with Crippen molar-refractivity contribution in [2.45, 2.75) is 25.8 Å². The van der Waals surface area contributed by atoms with Crippen LogP contribution in [-0.2, 0) is 33.6 Å². The summed E-state index contributed by atoms with van der Waals surface area (Å²) in [6.07, 6.45) is 0. The van der Waals surface area contributed by atoms with Crippen molar-refractivity contribution in [1.29, 1.82) is 0 Å². The molecule has 0 saturated carbocycles. The number of hydrogen-bond acceptors (Lipinski definition) is 4. The van der Waals surface area contributed by atoms with E-state index < -0.39 is 10.0 Å². The van der Waals surface area contributed by atoms with Crippen LogP contribution in [0, 0.1) is 6.92 Å². The van der Waals surface area contributed by atoms with E-state index in [0.717, 1.165) is 11.1 Å². The van der Waals surface area contributed by atoms with Crippen LogP contribution in [0.2, 0.25) is 0 Å². The molecular formula is C22H31IN4O3S. The summed E-state index contributed by atoms with van der Waals surface area (Å²) in [5.74, 6) is 0.657. The van der Waals surface area contributed by atoms with Crippen LogP contribution in [-0.4, -0.2) is 52.0 Å². The largest absolute Gasteiger partial charge is 0.379 e. The molecule has 1 heterocycles. The number of ether oxygens (including phenoxy) is 1. The second-order valence-electron chi connectivity index (χ2n) is 7.24. The van der Waals surface area contributed by atoms with Crippen LogP contribution < -0.4 is 10.6 Å². The fourth-order valence-corrected chi connectivity index (χ4v) is 4.93. The Bertz CT molecular complexity index is 976. The lowest BCUT2D eigenvalue weighted by atomic mass is 10.1. The Morgan fingerprint density at radius 2 is 1.52 bits per heavy atom. The molecule has 1 fully saturated rings. The second kappa shape index (κ2) is 12.4. The molecular weight excluding hydrogens is 527 g/mol. The van der Waals surface area contributed by atoms with Crippen LogP contribution in [0.15, 0.2) is 53.5 Å². The van der Waals surface area contributed by atoms with E-state index in [-0.39, 0.29) is 29.7 Å². The molecule has 9 heteroatoms. The van der Waals surface area contributed by atoms with E-state index in [2.05, 4.69) is 34.7 Å². The number of nitrogens with one attached hydrogen (secondary N) is 2. The van der Waals surface area contributed by atoms with E-state index in [1.54, 1.807) is 7.05 Å². The summed E-state index contributed by atoms with van der Waals surface area (Å²) in [6, 6.07) is 15.8. The number of rotatable bonds is 7. The summed E-state index contributed by atoms with van der Waals surface area (Å²) >= 11 is 0. The standard InChI is InChI=1S/C22H30N4O3S.HI/c1-18-7-3-4-8-19(18)15-24-22(23-2)25-16-20-9-5-6-10-21(20)17-30(27,28)26-11-13-29-14-12-26;/h3-10H,11-17H2,1-2H3,(H2,23,24,25);1H. The first-order valence-corrected chi connectivity index (χ1v) is 11.7. The van der Waals surface area contributed by atoms with Gasteiger partial charge in [-0.05, 0) is 29.2 Å². The summed E-state index contributed by atoms with van der Waals surface area (Å²) < 4.78 is 32.4. The summed E-state index contributed by atoms with van der Waals surface area (Å²) in [7, 11) is -1.65. The predicted molar refractivity (Wildman–Crippen MR) is 135 cm³/mol. The van der Waals surface area contributed by atoms with Crippen molar-refractivity contribution in [2.75, 3.05) is 33.4 Å². The summed E-state index contributed by atoms with van der Waals surface area (Å²) in [5, 5.41) is 6.61. The van der Waals surface area contributed by atoms with Gasteiger partial charge in [-0.25, -0.2) is 8.42 Å². The quantitative estimate of drug-likeness (QED) is 0.310. The molecule has 0 radical (unpaired) electrons. The fraction of sp³-hybridized carbons (Fsp3) is 0.409. The molecule has 0 bridgehead atoms. The molecule has 3 rings (SSSR count). The van der Waals surface area contributed by atoms with Crippen LogP contribution in [0.3, 0.4) is 0 Å². The zero-order chi connectivity index (χ0) is 21.4. The maximum atomic E-state index is 12.8. The van der Waals surface area contributed by atoms with Crippen molar-refractivity contribution in [2.24, 2.45) is 4.99 Å². The Balaban J connectivity index is 0.00000341. The van der Waals surface area contributed by atoms with E-state index in [9.17, 15) is 8.42 Å². The van der Waals surface area contributed by atoms with Crippen LogP contribution in [0.25, 0.3) is 0 Å². The first-order chi connectivity index (χ1) is 14.5. The third-order valence-electron chi connectivity index (χ3n) is 5.20. The lowest BCUT2D eigenvalue weighted by Gasteiger charge is -2.26. The van der Waals surface area contributed by atoms with Gasteiger partial charge in [-0.1, -0.05) is 48.5 Å². The van der Waals surface area contributed by atoms with E-state index in [4.69, 9.17) is 4.74 Å². The average Bonchev–Trinajstić information content (AvgIpc) is 2.76. The van der Waals surface area contributed by atoms with Crippen molar-refractivity contribution in [3.63, 3.8) is 0 Å². The minimum absolute atomic E-state index is 0. The molecule has 2 aromatic carbocycles. The van der Waals surface area contributed by atoms with E-state index >= 15 is 0 Å². The number of morpholine rings is 1. The smallest absolute Gasteiger partial charge is 0.218 e. The first kappa shape index (κ1) is 25.6.